The standard InChI is InChI=1S/C19H18O2/c1-3-18(20)12-8-7-10-16-9-5-6-11-17(15-16)13-14-19(21)4-2/h1-2,5-14,18-21H,15H2/b10-7+,12-8+,14-13+. The third kappa shape index (κ3) is 6.99. The van der Waals surface area contributed by atoms with E-state index >= 15 is 0 Å². The Balaban J connectivity index is 2.67. The molecule has 0 amide bonds. The number of hydrogen-bond donors (Lipinski definition) is 2. The van der Waals surface area contributed by atoms with Crippen molar-refractivity contribution >= 4 is 0 Å². The Bertz CT molecular complexity index is 598. The number of hydrogen-bond acceptors (Lipinski definition) is 2. The van der Waals surface area contributed by atoms with Gasteiger partial charge in [-0.15, -0.1) is 12.8 Å². The summed E-state index contributed by atoms with van der Waals surface area (Å²) < 4.78 is 0. The zero-order chi connectivity index (χ0) is 15.5. The molecule has 0 saturated heterocycles. The molecule has 1 aliphatic carbocycles. The third-order valence-corrected chi connectivity index (χ3v) is 2.69. The highest BCUT2D eigenvalue weighted by Gasteiger charge is 1.99. The van der Waals surface area contributed by atoms with Crippen LogP contribution >= 0.6 is 0 Å². The van der Waals surface area contributed by atoms with Crippen molar-refractivity contribution in [3.8, 4) is 24.7 Å². The van der Waals surface area contributed by atoms with Gasteiger partial charge in [-0.25, -0.2) is 0 Å². The highest BCUT2D eigenvalue weighted by Crippen LogP contribution is 2.17. The van der Waals surface area contributed by atoms with Gasteiger partial charge in [0.2, 0.25) is 0 Å². The summed E-state index contributed by atoms with van der Waals surface area (Å²) in [5, 5.41) is 18.5. The lowest BCUT2D eigenvalue weighted by Gasteiger charge is -2.02. The molecular weight excluding hydrogens is 260 g/mol. The van der Waals surface area contributed by atoms with E-state index in [1.54, 1.807) is 12.2 Å². The molecule has 0 aromatic rings. The lowest BCUT2D eigenvalue weighted by atomic mass is 10.0. The van der Waals surface area contributed by atoms with Crippen molar-refractivity contribution in [2.24, 2.45) is 0 Å². The normalized spacial score (nSPS) is 18.1. The molecule has 0 aliphatic heterocycles. The largest absolute Gasteiger partial charge is 0.377 e. The van der Waals surface area contributed by atoms with Crippen LogP contribution in [0.15, 0.2) is 71.9 Å². The molecule has 1 aliphatic rings. The fourth-order valence-electron chi connectivity index (χ4n) is 1.62. The lowest BCUT2D eigenvalue weighted by molar-refractivity contribution is 0.280. The zero-order valence-corrected chi connectivity index (χ0v) is 11.7. The van der Waals surface area contributed by atoms with Gasteiger partial charge in [-0.2, -0.15) is 0 Å². The molecule has 0 bridgehead atoms. The summed E-state index contributed by atoms with van der Waals surface area (Å²) >= 11 is 0. The number of rotatable bonds is 5. The van der Waals surface area contributed by atoms with Crippen LogP contribution in [0.1, 0.15) is 6.42 Å². The molecule has 0 spiro atoms. The summed E-state index contributed by atoms with van der Waals surface area (Å²) in [6, 6.07) is 0. The van der Waals surface area contributed by atoms with Gasteiger partial charge < -0.3 is 10.2 Å². The van der Waals surface area contributed by atoms with Gasteiger partial charge in [0.15, 0.2) is 0 Å². The van der Waals surface area contributed by atoms with E-state index in [9.17, 15) is 10.2 Å². The van der Waals surface area contributed by atoms with Crippen LogP contribution in [0.25, 0.3) is 0 Å². The van der Waals surface area contributed by atoms with Crippen molar-refractivity contribution in [3.63, 3.8) is 0 Å². The van der Waals surface area contributed by atoms with Gasteiger partial charge in [0, 0.05) is 0 Å². The molecule has 0 aromatic carbocycles. The smallest absolute Gasteiger partial charge is 0.133 e. The van der Waals surface area contributed by atoms with Crippen molar-refractivity contribution < 1.29 is 10.2 Å². The maximum atomic E-state index is 9.33. The fourth-order valence-corrected chi connectivity index (χ4v) is 1.62. The Hall–Kier alpha value is -2.52. The Morgan fingerprint density at radius 2 is 1.48 bits per heavy atom. The van der Waals surface area contributed by atoms with E-state index in [0.717, 1.165) is 17.6 Å². The maximum absolute atomic E-state index is 9.33. The summed E-state index contributed by atoms with van der Waals surface area (Å²) in [7, 11) is 0. The average molecular weight is 278 g/mol. The van der Waals surface area contributed by atoms with E-state index in [4.69, 9.17) is 12.8 Å². The molecule has 2 heteroatoms. The topological polar surface area (TPSA) is 40.5 Å². The minimum absolute atomic E-state index is 0.725. The Morgan fingerprint density at radius 1 is 0.905 bits per heavy atom. The summed E-state index contributed by atoms with van der Waals surface area (Å²) in [5.74, 6) is 4.44. The molecular formula is C19H18O2. The molecule has 0 fully saturated rings. The second-order valence-corrected chi connectivity index (χ2v) is 4.37. The van der Waals surface area contributed by atoms with Crippen LogP contribution in [0.4, 0.5) is 0 Å². The molecule has 2 unspecified atom stereocenters. The number of allylic oxidation sites excluding steroid dienone is 10. The lowest BCUT2D eigenvalue weighted by Crippen LogP contribution is -1.96. The molecule has 0 saturated carbocycles. The fraction of sp³-hybridized carbons (Fsp3) is 0.158. The number of terminal acetylenes is 2. The maximum Gasteiger partial charge on any atom is 0.133 e. The third-order valence-electron chi connectivity index (χ3n) is 2.69. The Kier molecular flexibility index (Phi) is 7.40. The van der Waals surface area contributed by atoms with E-state index in [0.29, 0.717) is 0 Å². The monoisotopic (exact) mass is 278 g/mol. The highest BCUT2D eigenvalue weighted by atomic mass is 16.3. The summed E-state index contributed by atoms with van der Waals surface area (Å²) in [6.07, 6.45) is 27.4. The van der Waals surface area contributed by atoms with Gasteiger partial charge >= 0.3 is 0 Å². The van der Waals surface area contributed by atoms with Crippen LogP contribution in [0.5, 0.6) is 0 Å². The van der Waals surface area contributed by atoms with Crippen LogP contribution in [0.2, 0.25) is 0 Å². The van der Waals surface area contributed by atoms with E-state index in [2.05, 4.69) is 11.8 Å². The van der Waals surface area contributed by atoms with Crippen molar-refractivity contribution in [3.05, 3.63) is 71.9 Å². The van der Waals surface area contributed by atoms with Crippen molar-refractivity contribution in [2.45, 2.75) is 18.6 Å². The van der Waals surface area contributed by atoms with E-state index in [1.165, 1.54) is 6.08 Å². The first-order valence-electron chi connectivity index (χ1n) is 6.53. The first-order chi connectivity index (χ1) is 10.2. The second kappa shape index (κ2) is 9.39. The average Bonchev–Trinajstić information content (AvgIpc) is 2.74. The molecule has 2 atom stereocenters. The van der Waals surface area contributed by atoms with Crippen LogP contribution in [-0.2, 0) is 0 Å². The van der Waals surface area contributed by atoms with E-state index in [-0.39, 0.29) is 0 Å². The van der Waals surface area contributed by atoms with Crippen molar-refractivity contribution in [1.29, 1.82) is 0 Å². The van der Waals surface area contributed by atoms with Gasteiger partial charge in [-0.05, 0) is 29.7 Å². The first-order valence-corrected chi connectivity index (χ1v) is 6.53. The second-order valence-electron chi connectivity index (χ2n) is 4.37. The van der Waals surface area contributed by atoms with Crippen LogP contribution in [0.3, 0.4) is 0 Å². The highest BCUT2D eigenvalue weighted by molar-refractivity contribution is 5.39. The van der Waals surface area contributed by atoms with Gasteiger partial charge in [0.05, 0.1) is 0 Å². The molecule has 106 valence electrons. The van der Waals surface area contributed by atoms with Gasteiger partial charge in [0.25, 0.3) is 0 Å². The number of aliphatic hydroxyl groups is 2. The Labute approximate surface area is 126 Å². The number of aliphatic hydroxyl groups excluding tert-OH is 2. The SMILES string of the molecule is C#CC(O)/C=C/C=C/C1=CC=CC=C(/C=C/C(O)C#C)C1. The predicted molar refractivity (Wildman–Crippen MR) is 87.0 cm³/mol. The molecule has 0 radical (unpaired) electrons. The molecule has 0 heterocycles. The summed E-state index contributed by atoms with van der Waals surface area (Å²) in [4.78, 5) is 0. The molecule has 0 aromatic heterocycles. The van der Waals surface area contributed by atoms with E-state index in [1.807, 2.05) is 42.5 Å². The van der Waals surface area contributed by atoms with Crippen LogP contribution < -0.4 is 0 Å². The summed E-state index contributed by atoms with van der Waals surface area (Å²) in [5.41, 5.74) is 2.14. The molecule has 21 heavy (non-hydrogen) atoms. The molecule has 2 N–H and O–H groups in total. The van der Waals surface area contributed by atoms with Gasteiger partial charge in [-0.3, -0.25) is 0 Å². The minimum Gasteiger partial charge on any atom is -0.377 e. The first kappa shape index (κ1) is 16.5. The van der Waals surface area contributed by atoms with Gasteiger partial charge in [0.1, 0.15) is 12.2 Å². The molecule has 1 rings (SSSR count). The minimum atomic E-state index is -0.866. The molecule has 2 nitrogen and oxygen atoms in total. The Morgan fingerprint density at radius 3 is 2.10 bits per heavy atom. The van der Waals surface area contributed by atoms with Crippen molar-refractivity contribution in [2.75, 3.05) is 0 Å². The van der Waals surface area contributed by atoms with E-state index < -0.39 is 12.2 Å². The quantitative estimate of drug-likeness (QED) is 0.599. The van der Waals surface area contributed by atoms with Gasteiger partial charge in [-0.1, -0.05) is 60.4 Å². The van der Waals surface area contributed by atoms with Crippen molar-refractivity contribution in [1.82, 2.24) is 0 Å². The van der Waals surface area contributed by atoms with Crippen LogP contribution in [-0.4, -0.2) is 22.4 Å². The zero-order valence-electron chi connectivity index (χ0n) is 11.7. The predicted octanol–water partition coefficient (Wildman–Crippen LogP) is 2.46. The summed E-state index contributed by atoms with van der Waals surface area (Å²) in [6.45, 7) is 0. The van der Waals surface area contributed by atoms with Crippen LogP contribution in [0, 0.1) is 24.7 Å².